The zero-order chi connectivity index (χ0) is 11.4. The minimum atomic E-state index is 0.745. The average Bonchev–Trinajstić information content (AvgIpc) is 2.79. The Labute approximate surface area is 99.5 Å². The Kier molecular flexibility index (Phi) is 4.38. The molecule has 2 heterocycles. The topological polar surface area (TPSA) is 18.5 Å². The Hall–Kier alpha value is -0.380. The van der Waals surface area contributed by atoms with Gasteiger partial charge in [-0.3, -0.25) is 4.90 Å². The van der Waals surface area contributed by atoms with Crippen molar-refractivity contribution in [3.63, 3.8) is 0 Å². The Morgan fingerprint density at radius 2 is 2.00 bits per heavy atom. The lowest BCUT2D eigenvalue weighted by Crippen LogP contribution is -2.44. The fraction of sp³-hybridized carbons (Fsp3) is 0.846. The van der Waals surface area contributed by atoms with Gasteiger partial charge in [0.25, 0.3) is 0 Å². The van der Waals surface area contributed by atoms with Crippen molar-refractivity contribution in [1.29, 1.82) is 0 Å². The van der Waals surface area contributed by atoms with Crippen LogP contribution in [0.1, 0.15) is 13.3 Å². The Bertz CT molecular complexity index is 233. The Balaban J connectivity index is 1.75. The molecule has 1 N–H and O–H groups in total. The molecule has 0 saturated carbocycles. The third-order valence-corrected chi connectivity index (χ3v) is 3.93. The molecule has 2 aliphatic rings. The van der Waals surface area contributed by atoms with Crippen molar-refractivity contribution in [2.24, 2.45) is 5.92 Å². The normalized spacial score (nSPS) is 28.4. The Morgan fingerprint density at radius 1 is 1.25 bits per heavy atom. The fourth-order valence-corrected chi connectivity index (χ4v) is 2.74. The maximum Gasteiger partial charge on any atom is 0.0194 e. The van der Waals surface area contributed by atoms with E-state index in [9.17, 15) is 0 Å². The molecule has 0 aliphatic carbocycles. The predicted octanol–water partition coefficient (Wildman–Crippen LogP) is 0.790. The maximum atomic E-state index is 4.31. The summed E-state index contributed by atoms with van der Waals surface area (Å²) in [7, 11) is 0. The highest BCUT2D eigenvalue weighted by Crippen LogP contribution is 2.23. The second kappa shape index (κ2) is 5.80. The van der Waals surface area contributed by atoms with Crippen molar-refractivity contribution in [3.8, 4) is 0 Å². The van der Waals surface area contributed by atoms with E-state index < -0.39 is 0 Å². The van der Waals surface area contributed by atoms with E-state index in [2.05, 4.69) is 28.6 Å². The van der Waals surface area contributed by atoms with Gasteiger partial charge in [0, 0.05) is 39.3 Å². The summed E-state index contributed by atoms with van der Waals surface area (Å²) in [6, 6.07) is 0. The van der Waals surface area contributed by atoms with Crippen molar-refractivity contribution in [1.82, 2.24) is 15.1 Å². The molecule has 0 bridgehead atoms. The summed E-state index contributed by atoms with van der Waals surface area (Å²) in [5.74, 6) is 0.745. The number of nitrogens with zero attached hydrogens (tertiary/aromatic N) is 2. The quantitative estimate of drug-likeness (QED) is 0.711. The number of hydrogen-bond acceptors (Lipinski definition) is 3. The van der Waals surface area contributed by atoms with E-state index in [0.717, 1.165) is 25.6 Å². The zero-order valence-electron chi connectivity index (χ0n) is 10.5. The van der Waals surface area contributed by atoms with Crippen LogP contribution in [-0.2, 0) is 0 Å². The van der Waals surface area contributed by atoms with Crippen LogP contribution in [-0.4, -0.2) is 62.2 Å². The van der Waals surface area contributed by atoms with Gasteiger partial charge in [-0.15, -0.1) is 0 Å². The van der Waals surface area contributed by atoms with Crippen molar-refractivity contribution in [3.05, 3.63) is 12.2 Å². The van der Waals surface area contributed by atoms with Gasteiger partial charge in [-0.2, -0.15) is 0 Å². The first kappa shape index (κ1) is 12.1. The SMILES string of the molecule is C=C(CN1CCNCC1)C1CCN(CC)C1. The van der Waals surface area contributed by atoms with Crippen molar-refractivity contribution >= 4 is 0 Å². The van der Waals surface area contributed by atoms with Crippen LogP contribution in [0.2, 0.25) is 0 Å². The van der Waals surface area contributed by atoms with Gasteiger partial charge in [0.2, 0.25) is 0 Å². The van der Waals surface area contributed by atoms with Gasteiger partial charge in [-0.05, 0) is 25.4 Å². The van der Waals surface area contributed by atoms with Gasteiger partial charge < -0.3 is 10.2 Å². The lowest BCUT2D eigenvalue weighted by molar-refractivity contribution is 0.252. The molecule has 0 radical (unpaired) electrons. The van der Waals surface area contributed by atoms with Crippen molar-refractivity contribution in [2.75, 3.05) is 52.4 Å². The predicted molar refractivity (Wildman–Crippen MR) is 68.7 cm³/mol. The third kappa shape index (κ3) is 3.06. The minimum absolute atomic E-state index is 0.745. The number of likely N-dealkylation sites (tertiary alicyclic amines) is 1. The standard InChI is InChI=1S/C13H25N3/c1-3-15-7-4-13(11-15)12(2)10-16-8-5-14-6-9-16/h13-14H,2-11H2,1H3. The van der Waals surface area contributed by atoms with Crippen LogP contribution >= 0.6 is 0 Å². The van der Waals surface area contributed by atoms with E-state index in [0.29, 0.717) is 0 Å². The van der Waals surface area contributed by atoms with Crippen LogP contribution in [0.3, 0.4) is 0 Å². The lowest BCUT2D eigenvalue weighted by atomic mass is 9.99. The van der Waals surface area contributed by atoms with E-state index >= 15 is 0 Å². The molecule has 2 saturated heterocycles. The molecule has 0 aromatic carbocycles. The molecule has 0 aromatic rings. The molecule has 0 aromatic heterocycles. The monoisotopic (exact) mass is 223 g/mol. The zero-order valence-corrected chi connectivity index (χ0v) is 10.5. The van der Waals surface area contributed by atoms with Crippen LogP contribution in [0.5, 0.6) is 0 Å². The molecule has 2 aliphatic heterocycles. The summed E-state index contributed by atoms with van der Waals surface area (Å²) in [4.78, 5) is 5.07. The first-order chi connectivity index (χ1) is 7.79. The largest absolute Gasteiger partial charge is 0.314 e. The summed E-state index contributed by atoms with van der Waals surface area (Å²) in [6.07, 6.45) is 1.32. The van der Waals surface area contributed by atoms with Crippen LogP contribution < -0.4 is 5.32 Å². The van der Waals surface area contributed by atoms with Crippen LogP contribution in [0.15, 0.2) is 12.2 Å². The van der Waals surface area contributed by atoms with Gasteiger partial charge in [-0.25, -0.2) is 0 Å². The van der Waals surface area contributed by atoms with E-state index in [1.165, 1.54) is 44.7 Å². The van der Waals surface area contributed by atoms with Gasteiger partial charge in [-0.1, -0.05) is 19.1 Å². The first-order valence-electron chi connectivity index (χ1n) is 6.62. The van der Waals surface area contributed by atoms with E-state index in [4.69, 9.17) is 0 Å². The molecule has 0 spiro atoms. The molecule has 3 nitrogen and oxygen atoms in total. The molecule has 2 rings (SSSR count). The molecule has 1 atom stereocenters. The minimum Gasteiger partial charge on any atom is -0.314 e. The molecular weight excluding hydrogens is 198 g/mol. The third-order valence-electron chi connectivity index (χ3n) is 3.93. The number of hydrogen-bond donors (Lipinski definition) is 1. The molecule has 16 heavy (non-hydrogen) atoms. The average molecular weight is 223 g/mol. The summed E-state index contributed by atoms with van der Waals surface area (Å²) in [6.45, 7) is 16.0. The summed E-state index contributed by atoms with van der Waals surface area (Å²) in [5.41, 5.74) is 1.46. The van der Waals surface area contributed by atoms with Gasteiger partial charge in [0.15, 0.2) is 0 Å². The van der Waals surface area contributed by atoms with E-state index in [-0.39, 0.29) is 0 Å². The van der Waals surface area contributed by atoms with Crippen LogP contribution in [0.25, 0.3) is 0 Å². The van der Waals surface area contributed by atoms with Gasteiger partial charge >= 0.3 is 0 Å². The second-order valence-electron chi connectivity index (χ2n) is 5.06. The van der Waals surface area contributed by atoms with Crippen LogP contribution in [0.4, 0.5) is 0 Å². The van der Waals surface area contributed by atoms with Crippen molar-refractivity contribution in [2.45, 2.75) is 13.3 Å². The van der Waals surface area contributed by atoms with E-state index in [1.807, 2.05) is 0 Å². The summed E-state index contributed by atoms with van der Waals surface area (Å²) < 4.78 is 0. The molecule has 1 unspecified atom stereocenters. The van der Waals surface area contributed by atoms with Gasteiger partial charge in [0.1, 0.15) is 0 Å². The first-order valence-corrected chi connectivity index (χ1v) is 6.62. The maximum absolute atomic E-state index is 4.31. The molecular formula is C13H25N3. The molecule has 3 heteroatoms. The van der Waals surface area contributed by atoms with Gasteiger partial charge in [0.05, 0.1) is 0 Å². The molecule has 2 fully saturated rings. The lowest BCUT2D eigenvalue weighted by Gasteiger charge is -2.29. The highest BCUT2D eigenvalue weighted by atomic mass is 15.2. The second-order valence-corrected chi connectivity index (χ2v) is 5.06. The van der Waals surface area contributed by atoms with Crippen molar-refractivity contribution < 1.29 is 0 Å². The highest BCUT2D eigenvalue weighted by Gasteiger charge is 2.24. The molecule has 0 amide bonds. The van der Waals surface area contributed by atoms with E-state index in [1.54, 1.807) is 0 Å². The Morgan fingerprint density at radius 3 is 2.62 bits per heavy atom. The number of nitrogens with one attached hydrogen (secondary N) is 1. The fourth-order valence-electron chi connectivity index (χ4n) is 2.74. The highest BCUT2D eigenvalue weighted by molar-refractivity contribution is 5.07. The smallest absolute Gasteiger partial charge is 0.0194 e. The summed E-state index contributed by atoms with van der Waals surface area (Å²) >= 11 is 0. The van der Waals surface area contributed by atoms with Crippen LogP contribution in [0, 0.1) is 5.92 Å². The molecule has 92 valence electrons. The summed E-state index contributed by atoms with van der Waals surface area (Å²) in [5, 5.41) is 3.39. The number of rotatable bonds is 4. The number of piperazine rings is 1.